The largest absolute Gasteiger partial charge is 0.445 e. The van der Waals surface area contributed by atoms with Gasteiger partial charge < -0.3 is 14.4 Å². The smallest absolute Gasteiger partial charge is 0.256 e. The van der Waals surface area contributed by atoms with Gasteiger partial charge in [0.25, 0.3) is 5.91 Å². The van der Waals surface area contributed by atoms with Crippen molar-refractivity contribution in [1.29, 1.82) is 0 Å². The SMILES string of the molecule is CC(C)c1oc(C2CCC(C)N(C(=O)c3ccccc3-n3nccn3)C2)nc1C(C)(C)O. The van der Waals surface area contributed by atoms with Crippen molar-refractivity contribution >= 4 is 5.91 Å². The summed E-state index contributed by atoms with van der Waals surface area (Å²) in [6.07, 6.45) is 4.90. The molecule has 8 nitrogen and oxygen atoms in total. The van der Waals surface area contributed by atoms with Crippen LogP contribution in [0.3, 0.4) is 0 Å². The van der Waals surface area contributed by atoms with Crippen molar-refractivity contribution < 1.29 is 14.3 Å². The Morgan fingerprint density at radius 3 is 2.50 bits per heavy atom. The molecule has 0 spiro atoms. The first-order chi connectivity index (χ1) is 15.2. The maximum atomic E-state index is 13.6. The van der Waals surface area contributed by atoms with Crippen molar-refractivity contribution in [3.63, 3.8) is 0 Å². The summed E-state index contributed by atoms with van der Waals surface area (Å²) < 4.78 is 6.16. The van der Waals surface area contributed by atoms with Crippen molar-refractivity contribution in [2.75, 3.05) is 6.54 Å². The van der Waals surface area contributed by atoms with Crippen LogP contribution in [0.25, 0.3) is 5.69 Å². The van der Waals surface area contributed by atoms with Crippen LogP contribution in [-0.2, 0) is 5.60 Å². The van der Waals surface area contributed by atoms with Gasteiger partial charge in [-0.2, -0.15) is 15.0 Å². The molecule has 2 atom stereocenters. The number of piperidine rings is 1. The average Bonchev–Trinajstić information content (AvgIpc) is 3.44. The Balaban J connectivity index is 1.64. The Kier molecular flexibility index (Phi) is 5.90. The van der Waals surface area contributed by atoms with E-state index in [1.807, 2.05) is 43.0 Å². The Labute approximate surface area is 188 Å². The number of likely N-dealkylation sites (tertiary alicyclic amines) is 1. The molecule has 32 heavy (non-hydrogen) atoms. The van der Waals surface area contributed by atoms with Crippen LogP contribution < -0.4 is 0 Å². The van der Waals surface area contributed by atoms with Gasteiger partial charge in [0.2, 0.25) is 0 Å². The third-order valence-corrected chi connectivity index (χ3v) is 6.03. The molecule has 0 saturated carbocycles. The summed E-state index contributed by atoms with van der Waals surface area (Å²) in [7, 11) is 0. The van der Waals surface area contributed by atoms with Crippen LogP contribution in [0.4, 0.5) is 0 Å². The van der Waals surface area contributed by atoms with Crippen LogP contribution in [-0.4, -0.2) is 48.5 Å². The minimum atomic E-state index is -1.09. The maximum absolute atomic E-state index is 13.6. The van der Waals surface area contributed by atoms with Gasteiger partial charge in [-0.1, -0.05) is 26.0 Å². The molecule has 2 aromatic heterocycles. The monoisotopic (exact) mass is 437 g/mol. The lowest BCUT2D eigenvalue weighted by atomic mass is 9.92. The van der Waals surface area contributed by atoms with E-state index in [9.17, 15) is 9.90 Å². The summed E-state index contributed by atoms with van der Waals surface area (Å²) in [5, 5.41) is 19.0. The molecule has 1 N–H and O–H groups in total. The molecule has 1 saturated heterocycles. The van der Waals surface area contributed by atoms with Crippen molar-refractivity contribution in [1.82, 2.24) is 24.9 Å². The number of carbonyl (C=O) groups excluding carboxylic acids is 1. The molecular weight excluding hydrogens is 406 g/mol. The number of oxazole rings is 1. The molecule has 1 aliphatic heterocycles. The number of aromatic nitrogens is 4. The number of hydrogen-bond acceptors (Lipinski definition) is 6. The highest BCUT2D eigenvalue weighted by Crippen LogP contribution is 2.36. The van der Waals surface area contributed by atoms with Crippen LogP contribution in [0.15, 0.2) is 41.1 Å². The van der Waals surface area contributed by atoms with E-state index in [1.54, 1.807) is 26.2 Å². The van der Waals surface area contributed by atoms with Gasteiger partial charge in [-0.3, -0.25) is 4.79 Å². The van der Waals surface area contributed by atoms with Gasteiger partial charge in [0.15, 0.2) is 5.89 Å². The van der Waals surface area contributed by atoms with Crippen LogP contribution in [0, 0.1) is 0 Å². The second-order valence-corrected chi connectivity index (χ2v) is 9.40. The van der Waals surface area contributed by atoms with Crippen molar-refractivity contribution in [2.45, 2.75) is 70.9 Å². The van der Waals surface area contributed by atoms with Gasteiger partial charge in [-0.05, 0) is 45.7 Å². The molecule has 1 amide bonds. The zero-order chi connectivity index (χ0) is 23.0. The summed E-state index contributed by atoms with van der Waals surface area (Å²) in [4.78, 5) is 21.7. The van der Waals surface area contributed by atoms with Crippen LogP contribution in [0.1, 0.15) is 87.0 Å². The number of hydrogen-bond donors (Lipinski definition) is 1. The molecule has 1 fully saturated rings. The number of nitrogens with zero attached hydrogens (tertiary/aromatic N) is 5. The predicted molar refractivity (Wildman–Crippen MR) is 120 cm³/mol. The van der Waals surface area contributed by atoms with Gasteiger partial charge >= 0.3 is 0 Å². The van der Waals surface area contributed by atoms with Crippen LogP contribution in [0.2, 0.25) is 0 Å². The molecule has 8 heteroatoms. The van der Waals surface area contributed by atoms with E-state index in [-0.39, 0.29) is 23.8 Å². The van der Waals surface area contributed by atoms with Gasteiger partial charge in [0.1, 0.15) is 17.1 Å². The van der Waals surface area contributed by atoms with E-state index in [4.69, 9.17) is 9.40 Å². The van der Waals surface area contributed by atoms with Gasteiger partial charge in [-0.15, -0.1) is 0 Å². The van der Waals surface area contributed by atoms with Crippen molar-refractivity contribution in [3.8, 4) is 5.69 Å². The lowest BCUT2D eigenvalue weighted by molar-refractivity contribution is 0.0594. The summed E-state index contributed by atoms with van der Waals surface area (Å²) in [5.41, 5.74) is 0.700. The predicted octanol–water partition coefficient (Wildman–Crippen LogP) is 4.01. The van der Waals surface area contributed by atoms with E-state index in [0.29, 0.717) is 35.1 Å². The number of aliphatic hydroxyl groups is 1. The maximum Gasteiger partial charge on any atom is 0.256 e. The first-order valence-electron chi connectivity index (χ1n) is 11.2. The first-order valence-corrected chi connectivity index (χ1v) is 11.2. The van der Waals surface area contributed by atoms with Crippen LogP contribution in [0.5, 0.6) is 0 Å². The number of amides is 1. The van der Waals surface area contributed by atoms with Gasteiger partial charge in [-0.25, -0.2) is 4.98 Å². The molecule has 3 aromatic rings. The summed E-state index contributed by atoms with van der Waals surface area (Å²) in [6.45, 7) is 10.1. The Hall–Kier alpha value is -3.00. The quantitative estimate of drug-likeness (QED) is 0.648. The van der Waals surface area contributed by atoms with Crippen molar-refractivity contribution in [2.24, 2.45) is 0 Å². The zero-order valence-corrected chi connectivity index (χ0v) is 19.3. The second-order valence-electron chi connectivity index (χ2n) is 9.40. The summed E-state index contributed by atoms with van der Waals surface area (Å²) in [5.74, 6) is 1.32. The topological polar surface area (TPSA) is 97.3 Å². The second kappa shape index (κ2) is 8.50. The molecule has 2 unspecified atom stereocenters. The molecular formula is C24H31N5O3. The highest BCUT2D eigenvalue weighted by Gasteiger charge is 2.36. The molecule has 0 aliphatic carbocycles. The number of carbonyl (C=O) groups is 1. The van der Waals surface area contributed by atoms with Gasteiger partial charge in [0, 0.05) is 18.5 Å². The van der Waals surface area contributed by atoms with E-state index in [0.717, 1.165) is 12.8 Å². The number of benzene rings is 1. The normalized spacial score (nSPS) is 19.5. The molecule has 170 valence electrons. The highest BCUT2D eigenvalue weighted by atomic mass is 16.4. The molecule has 0 bridgehead atoms. The Bertz CT molecular complexity index is 1080. The molecule has 1 aliphatic rings. The lowest BCUT2D eigenvalue weighted by Crippen LogP contribution is -2.45. The number of para-hydroxylation sites is 1. The van der Waals surface area contributed by atoms with E-state index in [2.05, 4.69) is 17.1 Å². The fourth-order valence-corrected chi connectivity index (χ4v) is 4.27. The molecule has 0 radical (unpaired) electrons. The zero-order valence-electron chi connectivity index (χ0n) is 19.3. The van der Waals surface area contributed by atoms with E-state index < -0.39 is 5.60 Å². The standard InChI is InChI=1S/C24H31N5O3/c1-15(2)20-21(24(4,5)31)27-22(32-20)17-11-10-16(3)28(14-17)23(30)18-8-6-7-9-19(18)29-25-12-13-26-29/h6-9,12-13,15-17,31H,10-11,14H2,1-5H3. The third kappa shape index (κ3) is 4.19. The Morgan fingerprint density at radius 1 is 1.19 bits per heavy atom. The Morgan fingerprint density at radius 2 is 1.88 bits per heavy atom. The summed E-state index contributed by atoms with van der Waals surface area (Å²) in [6, 6.07) is 7.47. The average molecular weight is 438 g/mol. The fraction of sp³-hybridized carbons (Fsp3) is 0.500. The van der Waals surface area contributed by atoms with E-state index in [1.165, 1.54) is 4.80 Å². The highest BCUT2D eigenvalue weighted by molar-refractivity contribution is 5.98. The van der Waals surface area contributed by atoms with Gasteiger partial charge in [0.05, 0.1) is 29.6 Å². The lowest BCUT2D eigenvalue weighted by Gasteiger charge is -2.37. The van der Waals surface area contributed by atoms with Crippen LogP contribution >= 0.6 is 0 Å². The number of rotatable bonds is 5. The van der Waals surface area contributed by atoms with Crippen molar-refractivity contribution in [3.05, 3.63) is 59.6 Å². The van der Waals surface area contributed by atoms with E-state index >= 15 is 0 Å². The minimum Gasteiger partial charge on any atom is -0.445 e. The molecule has 1 aromatic carbocycles. The fourth-order valence-electron chi connectivity index (χ4n) is 4.27. The minimum absolute atomic E-state index is 0.0289. The molecule has 3 heterocycles. The summed E-state index contributed by atoms with van der Waals surface area (Å²) >= 11 is 0. The first kappa shape index (κ1) is 22.2. The third-order valence-electron chi connectivity index (χ3n) is 6.03. The molecule has 4 rings (SSSR count).